The Morgan fingerprint density at radius 2 is 1.53 bits per heavy atom. The van der Waals surface area contributed by atoms with Crippen LogP contribution in [0.25, 0.3) is 11.0 Å². The van der Waals surface area contributed by atoms with Crippen LogP contribution in [0, 0.1) is 12.3 Å². The molecule has 5 aliphatic heterocycles. The van der Waals surface area contributed by atoms with Gasteiger partial charge in [0.1, 0.15) is 30.3 Å². The lowest BCUT2D eigenvalue weighted by molar-refractivity contribution is -0.136. The van der Waals surface area contributed by atoms with Crippen molar-refractivity contribution in [2.75, 3.05) is 80.1 Å². The summed E-state index contributed by atoms with van der Waals surface area (Å²) in [6.07, 6.45) is 11.8. The van der Waals surface area contributed by atoms with Gasteiger partial charge in [-0.25, -0.2) is 4.98 Å². The molecule has 3 N–H and O–H groups in total. The van der Waals surface area contributed by atoms with Crippen molar-refractivity contribution in [2.45, 2.75) is 70.4 Å². The molecular formula is C49H55BrN11O6P. The van der Waals surface area contributed by atoms with Gasteiger partial charge in [0.05, 0.1) is 44.9 Å². The van der Waals surface area contributed by atoms with Gasteiger partial charge in [-0.2, -0.15) is 4.98 Å². The highest BCUT2D eigenvalue weighted by molar-refractivity contribution is 9.10. The van der Waals surface area contributed by atoms with E-state index in [1.807, 2.05) is 18.2 Å². The highest BCUT2D eigenvalue weighted by Crippen LogP contribution is 2.46. The summed E-state index contributed by atoms with van der Waals surface area (Å²) in [5, 5.41) is 9.63. The van der Waals surface area contributed by atoms with Gasteiger partial charge in [0.25, 0.3) is 11.8 Å². The molecule has 17 nitrogen and oxygen atoms in total. The fourth-order valence-electron chi connectivity index (χ4n) is 10.9. The number of amides is 4. The van der Waals surface area contributed by atoms with Crippen LogP contribution in [0.5, 0.6) is 5.75 Å². The lowest BCUT2D eigenvalue weighted by Crippen LogP contribution is -2.54. The molecule has 2 aromatic heterocycles. The number of carbonyl (C=O) groups excluding carboxylic acids is 4. The number of anilines is 6. The molecule has 354 valence electrons. The van der Waals surface area contributed by atoms with E-state index < -0.39 is 30.9 Å². The largest absolute Gasteiger partial charge is 0.494 e. The van der Waals surface area contributed by atoms with Gasteiger partial charge in [-0.05, 0) is 142 Å². The molecular weight excluding hydrogens is 949 g/mol. The zero-order chi connectivity index (χ0) is 47.5. The number of hydrogen-bond acceptors (Lipinski definition) is 15. The predicted octanol–water partition coefficient (Wildman–Crippen LogP) is 6.99. The number of hydrogen-bond donors (Lipinski definition) is 3. The summed E-state index contributed by atoms with van der Waals surface area (Å²) in [7, 11) is -1.11. The topological polar surface area (TPSA) is 195 Å². The second-order valence-electron chi connectivity index (χ2n) is 19.1. The number of aromatic nitrogens is 4. The van der Waals surface area contributed by atoms with E-state index in [0.717, 1.165) is 92.5 Å². The minimum atomic E-state index is -2.78. The first-order valence-corrected chi connectivity index (χ1v) is 26.7. The Balaban J connectivity index is 0.734. The zero-order valence-electron chi connectivity index (χ0n) is 38.7. The van der Waals surface area contributed by atoms with Crippen molar-refractivity contribution >= 4 is 97.6 Å². The third-order valence-corrected chi connectivity index (χ3v) is 16.8. The average molecular weight is 1000 g/mol. The van der Waals surface area contributed by atoms with Gasteiger partial charge < -0.3 is 34.6 Å². The van der Waals surface area contributed by atoms with Crippen molar-refractivity contribution in [3.8, 4) is 5.75 Å². The van der Waals surface area contributed by atoms with Crippen LogP contribution in [0.2, 0.25) is 0 Å². The van der Waals surface area contributed by atoms with Crippen LogP contribution in [-0.2, 0) is 14.2 Å². The number of methoxy groups -OCH3 is 1. The van der Waals surface area contributed by atoms with E-state index in [2.05, 4.69) is 80.6 Å². The lowest BCUT2D eigenvalue weighted by Gasteiger charge is -2.50. The van der Waals surface area contributed by atoms with Crippen molar-refractivity contribution in [1.29, 1.82) is 0 Å². The Kier molecular flexibility index (Phi) is 12.2. The molecule has 1 spiro atoms. The molecule has 4 amide bonds. The number of carbonyl (C=O) groups is 4. The number of aryl methyl sites for hydroxylation is 1. The van der Waals surface area contributed by atoms with E-state index >= 15 is 0 Å². The number of ether oxygens (including phenoxy) is 1. The van der Waals surface area contributed by atoms with Crippen molar-refractivity contribution in [1.82, 2.24) is 35.1 Å². The predicted molar refractivity (Wildman–Crippen MR) is 266 cm³/mol. The maximum atomic E-state index is 13.5. The molecule has 0 aliphatic carbocycles. The Bertz CT molecular complexity index is 2900. The number of likely N-dealkylation sites (tertiary alicyclic amines) is 1. The summed E-state index contributed by atoms with van der Waals surface area (Å²) in [4.78, 5) is 77.7. The van der Waals surface area contributed by atoms with Crippen LogP contribution in [0.4, 0.5) is 34.5 Å². The standard InChI is InChI=1S/C49H55BrN11O6P/c1-29-25-37(55-48-53-28-34(50)44(57-48)54-36-8-7-35-42(52-18-17-51-35)43(36)68(3,4)66)40(67-2)27-39(29)60-23-15-49(16-24-60)13-21-59(22-14-49)30-11-19-58(20-12-30)31-5-6-32-33(26-31)47(65)61(46(32)64)38-9-10-41(62)56-45(38)63/h5-8,17-18,25-28,30,38H,9-16,19-24H2,1-4H3,(H,56,62,63)(H2,53,54,55,57). The van der Waals surface area contributed by atoms with Crippen LogP contribution < -0.4 is 35.8 Å². The van der Waals surface area contributed by atoms with E-state index in [-0.39, 0.29) is 18.7 Å². The number of nitrogens with one attached hydrogen (secondary N) is 3. The summed E-state index contributed by atoms with van der Waals surface area (Å²) in [6, 6.07) is 12.9. The van der Waals surface area contributed by atoms with Crippen LogP contribution in [0.15, 0.2) is 65.5 Å². The number of piperidine rings is 4. The molecule has 10 rings (SSSR count). The fourth-order valence-corrected chi connectivity index (χ4v) is 12.6. The maximum absolute atomic E-state index is 13.5. The summed E-state index contributed by atoms with van der Waals surface area (Å²) in [6.45, 7) is 11.4. The third kappa shape index (κ3) is 8.70. The number of halogens is 1. The van der Waals surface area contributed by atoms with Crippen molar-refractivity contribution in [3.05, 3.63) is 82.2 Å². The first-order chi connectivity index (χ1) is 32.7. The zero-order valence-corrected chi connectivity index (χ0v) is 41.2. The van der Waals surface area contributed by atoms with Gasteiger partial charge >= 0.3 is 0 Å². The van der Waals surface area contributed by atoms with Crippen LogP contribution in [0.3, 0.4) is 0 Å². The first kappa shape index (κ1) is 45.8. The number of nitrogens with zero attached hydrogens (tertiary/aromatic N) is 8. The molecule has 19 heteroatoms. The Morgan fingerprint density at radius 3 is 2.25 bits per heavy atom. The summed E-state index contributed by atoms with van der Waals surface area (Å²) in [5.74, 6) is -0.380. The third-order valence-electron chi connectivity index (χ3n) is 14.7. The molecule has 5 aromatic rings. The molecule has 4 saturated heterocycles. The van der Waals surface area contributed by atoms with E-state index in [9.17, 15) is 23.7 Å². The maximum Gasteiger partial charge on any atom is 0.262 e. The minimum Gasteiger partial charge on any atom is -0.494 e. The van der Waals surface area contributed by atoms with E-state index in [0.29, 0.717) is 66.6 Å². The number of benzene rings is 3. The van der Waals surface area contributed by atoms with Gasteiger partial charge in [0, 0.05) is 74.7 Å². The minimum absolute atomic E-state index is 0.0948. The molecule has 0 saturated carbocycles. The summed E-state index contributed by atoms with van der Waals surface area (Å²) in [5.41, 5.74) is 6.81. The van der Waals surface area contributed by atoms with E-state index in [4.69, 9.17) is 9.72 Å². The van der Waals surface area contributed by atoms with Gasteiger partial charge in [0.15, 0.2) is 0 Å². The van der Waals surface area contributed by atoms with Crippen molar-refractivity contribution < 1.29 is 28.5 Å². The first-order valence-electron chi connectivity index (χ1n) is 23.3. The highest BCUT2D eigenvalue weighted by atomic mass is 79.9. The molecule has 5 aliphatic rings. The van der Waals surface area contributed by atoms with Crippen LogP contribution >= 0.6 is 23.1 Å². The molecule has 1 unspecified atom stereocenters. The van der Waals surface area contributed by atoms with E-state index in [1.54, 1.807) is 51.2 Å². The van der Waals surface area contributed by atoms with Crippen molar-refractivity contribution in [2.24, 2.45) is 5.41 Å². The van der Waals surface area contributed by atoms with Gasteiger partial charge in [-0.1, -0.05) is 0 Å². The summed E-state index contributed by atoms with van der Waals surface area (Å²) >= 11 is 3.59. The average Bonchev–Trinajstić information content (AvgIpc) is 3.57. The SMILES string of the molecule is COc1cc(N2CCC3(CC2)CCN(C2CCN(c4ccc5c(c4)C(=O)N(C4CCC(=O)NC4=O)C5=O)CC2)CC3)c(C)cc1Nc1ncc(Br)c(Nc2ccc3nccnc3c2P(C)(C)=O)n1. The monoisotopic (exact) mass is 1000 g/mol. The molecule has 68 heavy (non-hydrogen) atoms. The second-order valence-corrected chi connectivity index (χ2v) is 23.1. The Labute approximate surface area is 403 Å². The smallest absolute Gasteiger partial charge is 0.262 e. The molecule has 7 heterocycles. The molecule has 4 fully saturated rings. The van der Waals surface area contributed by atoms with Crippen LogP contribution in [-0.4, -0.2) is 125 Å². The van der Waals surface area contributed by atoms with Gasteiger partial charge in [-0.3, -0.25) is 39.4 Å². The van der Waals surface area contributed by atoms with Crippen molar-refractivity contribution in [3.63, 3.8) is 0 Å². The molecule has 0 bridgehead atoms. The number of fused-ring (bicyclic) bond motifs is 2. The highest BCUT2D eigenvalue weighted by Gasteiger charge is 2.45. The Morgan fingerprint density at radius 1 is 0.809 bits per heavy atom. The molecule has 0 radical (unpaired) electrons. The van der Waals surface area contributed by atoms with Gasteiger partial charge in [-0.15, -0.1) is 0 Å². The van der Waals surface area contributed by atoms with Crippen LogP contribution in [0.1, 0.15) is 77.6 Å². The fraction of sp³-hybridized carbons (Fsp3) is 0.429. The Hall–Kier alpha value is -5.97. The lowest BCUT2D eigenvalue weighted by atomic mass is 9.70. The van der Waals surface area contributed by atoms with E-state index in [1.165, 1.54) is 12.8 Å². The normalized spacial score (nSPS) is 20.2. The molecule has 1 atom stereocenters. The summed E-state index contributed by atoms with van der Waals surface area (Å²) < 4.78 is 20.1. The second kappa shape index (κ2) is 18.2. The van der Waals surface area contributed by atoms with Gasteiger partial charge in [0.2, 0.25) is 17.8 Å². The number of imide groups is 2. The molecule has 3 aromatic carbocycles. The number of rotatable bonds is 10. The quantitative estimate of drug-likeness (QED) is 0.0957.